The Labute approximate surface area is 148 Å². The molecule has 1 aliphatic rings. The number of hydrogen-bond donors (Lipinski definition) is 2. The standard InChI is InChI=1S/C17H27BrN2O2S/c1-11-8-15(12(2)7-14(11)18)23(21,22)19-13-9-16(3,4)20-17(5,6)10-13/h7-8,13,19-20H,9-10H2,1-6H3/p+1. The van der Waals surface area contributed by atoms with Gasteiger partial charge in [0, 0.05) is 23.4 Å². The highest BCUT2D eigenvalue weighted by molar-refractivity contribution is 9.10. The van der Waals surface area contributed by atoms with Crippen LogP contribution in [0.5, 0.6) is 0 Å². The zero-order chi connectivity index (χ0) is 17.6. The van der Waals surface area contributed by atoms with E-state index in [1.807, 2.05) is 19.9 Å². The van der Waals surface area contributed by atoms with E-state index >= 15 is 0 Å². The molecule has 1 aliphatic heterocycles. The van der Waals surface area contributed by atoms with Crippen molar-refractivity contribution in [3.8, 4) is 0 Å². The second-order valence-electron chi connectivity index (χ2n) is 8.21. The molecule has 1 fully saturated rings. The number of hydrogen-bond acceptors (Lipinski definition) is 2. The van der Waals surface area contributed by atoms with Gasteiger partial charge < -0.3 is 5.32 Å². The fraction of sp³-hybridized carbons (Fsp3) is 0.647. The molecule has 130 valence electrons. The predicted octanol–water partition coefficient (Wildman–Crippen LogP) is 2.63. The Morgan fingerprint density at radius 2 is 1.61 bits per heavy atom. The quantitative estimate of drug-likeness (QED) is 0.814. The van der Waals surface area contributed by atoms with E-state index in [0.29, 0.717) is 4.90 Å². The zero-order valence-electron chi connectivity index (χ0n) is 14.8. The van der Waals surface area contributed by atoms with Gasteiger partial charge in [-0.2, -0.15) is 0 Å². The second-order valence-corrected chi connectivity index (χ2v) is 10.8. The van der Waals surface area contributed by atoms with Gasteiger partial charge in [-0.05, 0) is 64.8 Å². The molecule has 0 bridgehead atoms. The summed E-state index contributed by atoms with van der Waals surface area (Å²) in [5, 5.41) is 2.35. The van der Waals surface area contributed by atoms with E-state index in [1.165, 1.54) is 0 Å². The van der Waals surface area contributed by atoms with E-state index in [0.717, 1.165) is 28.4 Å². The Bertz CT molecular complexity index is 696. The number of nitrogens with one attached hydrogen (secondary N) is 1. The molecule has 0 aromatic heterocycles. The molecular weight excluding hydrogens is 376 g/mol. The minimum Gasteiger partial charge on any atom is -0.337 e. The van der Waals surface area contributed by atoms with E-state index in [1.54, 1.807) is 6.07 Å². The van der Waals surface area contributed by atoms with E-state index in [-0.39, 0.29) is 17.1 Å². The minimum absolute atomic E-state index is 0.0274. The van der Waals surface area contributed by atoms with Crippen LogP contribution in [0.25, 0.3) is 0 Å². The van der Waals surface area contributed by atoms with Gasteiger partial charge in [-0.1, -0.05) is 15.9 Å². The van der Waals surface area contributed by atoms with Gasteiger partial charge >= 0.3 is 0 Å². The number of benzene rings is 1. The smallest absolute Gasteiger partial charge is 0.241 e. The summed E-state index contributed by atoms with van der Waals surface area (Å²) in [5.74, 6) is 0. The summed E-state index contributed by atoms with van der Waals surface area (Å²) in [6, 6.07) is 3.57. The molecule has 0 atom stereocenters. The third-order valence-corrected chi connectivity index (χ3v) is 6.91. The van der Waals surface area contributed by atoms with Crippen molar-refractivity contribution in [2.75, 3.05) is 0 Å². The molecule has 2 rings (SSSR count). The molecule has 1 aromatic carbocycles. The summed E-state index contributed by atoms with van der Waals surface area (Å²) in [7, 11) is -3.51. The topological polar surface area (TPSA) is 62.8 Å². The average molecular weight is 404 g/mol. The van der Waals surface area contributed by atoms with Crippen molar-refractivity contribution in [2.45, 2.75) is 76.4 Å². The Morgan fingerprint density at radius 3 is 2.13 bits per heavy atom. The van der Waals surface area contributed by atoms with Crippen LogP contribution in [0.1, 0.15) is 51.7 Å². The molecule has 6 heteroatoms. The fourth-order valence-electron chi connectivity index (χ4n) is 3.93. The number of aryl methyl sites for hydroxylation is 2. The highest BCUT2D eigenvalue weighted by Gasteiger charge is 2.43. The van der Waals surface area contributed by atoms with Crippen LogP contribution in [0.4, 0.5) is 0 Å². The van der Waals surface area contributed by atoms with Crippen molar-refractivity contribution in [1.29, 1.82) is 0 Å². The van der Waals surface area contributed by atoms with Gasteiger partial charge in [0.15, 0.2) is 0 Å². The van der Waals surface area contributed by atoms with Crippen LogP contribution in [-0.4, -0.2) is 25.5 Å². The molecule has 1 aromatic rings. The molecular formula is C17H28BrN2O2S+. The predicted molar refractivity (Wildman–Crippen MR) is 97.0 cm³/mol. The van der Waals surface area contributed by atoms with Crippen LogP contribution in [0.3, 0.4) is 0 Å². The maximum absolute atomic E-state index is 12.9. The van der Waals surface area contributed by atoms with Crippen molar-refractivity contribution >= 4 is 26.0 Å². The van der Waals surface area contributed by atoms with Crippen LogP contribution in [0.2, 0.25) is 0 Å². The van der Waals surface area contributed by atoms with E-state index < -0.39 is 10.0 Å². The van der Waals surface area contributed by atoms with Crippen LogP contribution >= 0.6 is 15.9 Å². The van der Waals surface area contributed by atoms with Crippen LogP contribution in [0.15, 0.2) is 21.5 Å². The molecule has 0 unspecified atom stereocenters. The Morgan fingerprint density at radius 1 is 1.09 bits per heavy atom. The van der Waals surface area contributed by atoms with E-state index in [9.17, 15) is 8.42 Å². The molecule has 4 nitrogen and oxygen atoms in total. The van der Waals surface area contributed by atoms with Crippen molar-refractivity contribution in [3.05, 3.63) is 27.7 Å². The lowest BCUT2D eigenvalue weighted by Gasteiger charge is -2.43. The van der Waals surface area contributed by atoms with Crippen LogP contribution < -0.4 is 10.0 Å². The van der Waals surface area contributed by atoms with Crippen molar-refractivity contribution in [3.63, 3.8) is 0 Å². The Balaban J connectivity index is 2.30. The van der Waals surface area contributed by atoms with Gasteiger partial charge in [-0.3, -0.25) is 0 Å². The first kappa shape index (κ1) is 18.9. The molecule has 0 amide bonds. The lowest BCUT2D eigenvalue weighted by molar-refractivity contribution is -0.787. The maximum Gasteiger partial charge on any atom is 0.241 e. The molecule has 0 aliphatic carbocycles. The summed E-state index contributed by atoms with van der Waals surface area (Å²) >= 11 is 3.46. The minimum atomic E-state index is -3.51. The lowest BCUT2D eigenvalue weighted by atomic mass is 9.80. The second kappa shape index (κ2) is 6.14. The van der Waals surface area contributed by atoms with Gasteiger partial charge in [0.25, 0.3) is 0 Å². The summed E-state index contributed by atoms with van der Waals surface area (Å²) in [6.07, 6.45) is 1.65. The van der Waals surface area contributed by atoms with E-state index in [4.69, 9.17) is 0 Å². The molecule has 1 saturated heterocycles. The lowest BCUT2D eigenvalue weighted by Crippen LogP contribution is -3.06. The fourth-order valence-corrected chi connectivity index (χ4v) is 5.93. The van der Waals surface area contributed by atoms with Crippen LogP contribution in [0, 0.1) is 13.8 Å². The molecule has 3 N–H and O–H groups in total. The largest absolute Gasteiger partial charge is 0.337 e. The number of rotatable bonds is 3. The van der Waals surface area contributed by atoms with Gasteiger partial charge in [0.2, 0.25) is 10.0 Å². The molecule has 1 heterocycles. The molecule has 0 spiro atoms. The molecule has 0 saturated carbocycles. The highest BCUT2D eigenvalue weighted by Crippen LogP contribution is 2.27. The summed E-state index contributed by atoms with van der Waals surface area (Å²) in [5.41, 5.74) is 1.74. The van der Waals surface area contributed by atoms with Gasteiger partial charge in [-0.15, -0.1) is 0 Å². The van der Waals surface area contributed by atoms with E-state index in [2.05, 4.69) is 53.7 Å². The number of halogens is 1. The van der Waals surface area contributed by atoms with Crippen molar-refractivity contribution < 1.29 is 13.7 Å². The number of sulfonamides is 1. The Hall–Kier alpha value is -0.430. The first-order chi connectivity index (χ1) is 10.3. The van der Waals surface area contributed by atoms with Gasteiger partial charge in [0.05, 0.1) is 16.0 Å². The first-order valence-electron chi connectivity index (χ1n) is 7.97. The van der Waals surface area contributed by atoms with Crippen molar-refractivity contribution in [1.82, 2.24) is 4.72 Å². The Kier molecular flexibility index (Phi) is 5.04. The average Bonchev–Trinajstić information content (AvgIpc) is 2.28. The van der Waals surface area contributed by atoms with Crippen LogP contribution in [-0.2, 0) is 10.0 Å². The normalized spacial score (nSPS) is 21.3. The monoisotopic (exact) mass is 403 g/mol. The summed E-state index contributed by atoms with van der Waals surface area (Å²) in [4.78, 5) is 0.378. The third kappa shape index (κ3) is 4.56. The number of nitrogens with two attached hydrogens (primary N) is 1. The molecule has 23 heavy (non-hydrogen) atoms. The van der Waals surface area contributed by atoms with Gasteiger partial charge in [0.1, 0.15) is 0 Å². The zero-order valence-corrected chi connectivity index (χ0v) is 17.2. The number of piperidine rings is 1. The third-order valence-electron chi connectivity index (χ3n) is 4.39. The first-order valence-corrected chi connectivity index (χ1v) is 10.3. The summed E-state index contributed by atoms with van der Waals surface area (Å²) < 4.78 is 29.6. The highest BCUT2D eigenvalue weighted by atomic mass is 79.9. The van der Waals surface area contributed by atoms with Gasteiger partial charge in [-0.25, -0.2) is 13.1 Å². The summed E-state index contributed by atoms with van der Waals surface area (Å²) in [6.45, 7) is 12.4. The van der Waals surface area contributed by atoms with Crippen molar-refractivity contribution in [2.24, 2.45) is 0 Å². The molecule has 0 radical (unpaired) electrons. The SMILES string of the molecule is Cc1cc(S(=O)(=O)NC2CC(C)(C)[NH2+]C(C)(C)C2)c(C)cc1Br. The maximum atomic E-state index is 12.9. The number of quaternary nitrogens is 1.